The molecule has 0 saturated carbocycles. The first-order valence-electron chi connectivity index (χ1n) is 6.38. The van der Waals surface area contributed by atoms with Crippen LogP contribution in [0.15, 0.2) is 0 Å². The number of nitrogens with zero attached hydrogens (tertiary/aromatic N) is 3. The van der Waals surface area contributed by atoms with Crippen LogP contribution in [0.1, 0.15) is 63.4 Å². The number of aromatic nitrogens is 3. The van der Waals surface area contributed by atoms with E-state index in [-0.39, 0.29) is 18.2 Å². The molecule has 1 aliphatic rings. The molecular formula is C12H19F2N3. The van der Waals surface area contributed by atoms with Crippen LogP contribution in [0.4, 0.5) is 8.78 Å². The summed E-state index contributed by atoms with van der Waals surface area (Å²) in [6.45, 7) is 4.02. The van der Waals surface area contributed by atoms with Crippen LogP contribution >= 0.6 is 0 Å². The van der Waals surface area contributed by atoms with Gasteiger partial charge in [-0.25, -0.2) is 4.68 Å². The van der Waals surface area contributed by atoms with Crippen molar-refractivity contribution in [2.45, 2.75) is 64.3 Å². The summed E-state index contributed by atoms with van der Waals surface area (Å²) in [6, 6.07) is 0.140. The van der Waals surface area contributed by atoms with Gasteiger partial charge in [-0.15, -0.1) is 5.10 Å². The molecule has 0 bridgehead atoms. The van der Waals surface area contributed by atoms with Crippen molar-refractivity contribution in [1.29, 1.82) is 0 Å². The molecule has 0 amide bonds. The summed E-state index contributed by atoms with van der Waals surface area (Å²) < 4.78 is 29.5. The van der Waals surface area contributed by atoms with Crippen LogP contribution in [0, 0.1) is 0 Å². The maximum atomic E-state index is 13.9. The van der Waals surface area contributed by atoms with Gasteiger partial charge in [0.25, 0.3) is 5.92 Å². The van der Waals surface area contributed by atoms with Crippen molar-refractivity contribution in [3.63, 3.8) is 0 Å². The van der Waals surface area contributed by atoms with Gasteiger partial charge in [0, 0.05) is 6.42 Å². The zero-order chi connectivity index (χ0) is 12.5. The third kappa shape index (κ3) is 2.33. The molecule has 0 radical (unpaired) electrons. The van der Waals surface area contributed by atoms with Crippen LogP contribution < -0.4 is 0 Å². The molecule has 0 N–H and O–H groups in total. The molecule has 1 aromatic rings. The maximum Gasteiger partial charge on any atom is 0.293 e. The van der Waals surface area contributed by atoms with Gasteiger partial charge in [-0.3, -0.25) is 0 Å². The van der Waals surface area contributed by atoms with Crippen molar-refractivity contribution in [1.82, 2.24) is 15.0 Å². The Bertz CT molecular complexity index is 387. The molecule has 0 spiro atoms. The average Bonchev–Trinajstić information content (AvgIpc) is 2.69. The molecule has 1 heterocycles. The molecule has 0 saturated heterocycles. The standard InChI is InChI=1S/C12H19F2N3/c1-3-9(2)17-10-7-5-4-6-8-12(13,14)11(10)15-16-17/h9H,3-8H2,1-2H3/t9-/m1/s1. The number of fused-ring (bicyclic) bond motifs is 1. The predicted molar refractivity (Wildman–Crippen MR) is 61.1 cm³/mol. The van der Waals surface area contributed by atoms with Crippen molar-refractivity contribution in [3.05, 3.63) is 11.4 Å². The second-order valence-corrected chi connectivity index (χ2v) is 4.85. The lowest BCUT2D eigenvalue weighted by Crippen LogP contribution is -2.20. The van der Waals surface area contributed by atoms with Crippen LogP contribution in [-0.4, -0.2) is 15.0 Å². The molecule has 1 aromatic heterocycles. The highest BCUT2D eigenvalue weighted by Gasteiger charge is 2.39. The van der Waals surface area contributed by atoms with Crippen LogP contribution in [0.2, 0.25) is 0 Å². The van der Waals surface area contributed by atoms with E-state index in [0.29, 0.717) is 18.5 Å². The summed E-state index contributed by atoms with van der Waals surface area (Å²) in [6.07, 6.45) is 3.83. The largest absolute Gasteiger partial charge is 0.293 e. The van der Waals surface area contributed by atoms with Crippen molar-refractivity contribution in [2.75, 3.05) is 0 Å². The van der Waals surface area contributed by atoms with Crippen molar-refractivity contribution in [3.8, 4) is 0 Å². The Labute approximate surface area is 100 Å². The summed E-state index contributed by atoms with van der Waals surface area (Å²) in [4.78, 5) is 0. The summed E-state index contributed by atoms with van der Waals surface area (Å²) >= 11 is 0. The van der Waals surface area contributed by atoms with E-state index in [1.165, 1.54) is 0 Å². The van der Waals surface area contributed by atoms with E-state index in [1.807, 2.05) is 13.8 Å². The molecule has 0 aliphatic heterocycles. The highest BCUT2D eigenvalue weighted by Crippen LogP contribution is 2.37. The van der Waals surface area contributed by atoms with Gasteiger partial charge in [-0.2, -0.15) is 8.78 Å². The normalized spacial score (nSPS) is 21.4. The van der Waals surface area contributed by atoms with Crippen LogP contribution in [0.5, 0.6) is 0 Å². The number of hydrogen-bond acceptors (Lipinski definition) is 2. The van der Waals surface area contributed by atoms with Crippen LogP contribution in [0.25, 0.3) is 0 Å². The topological polar surface area (TPSA) is 30.7 Å². The second-order valence-electron chi connectivity index (χ2n) is 4.85. The van der Waals surface area contributed by atoms with E-state index < -0.39 is 5.92 Å². The first-order chi connectivity index (χ1) is 8.06. The zero-order valence-electron chi connectivity index (χ0n) is 10.4. The molecule has 0 fully saturated rings. The highest BCUT2D eigenvalue weighted by atomic mass is 19.3. The smallest absolute Gasteiger partial charge is 0.246 e. The summed E-state index contributed by atoms with van der Waals surface area (Å²) in [5, 5.41) is 7.68. The molecule has 1 aliphatic carbocycles. The van der Waals surface area contributed by atoms with E-state index in [2.05, 4.69) is 10.3 Å². The van der Waals surface area contributed by atoms with E-state index >= 15 is 0 Å². The molecule has 5 heteroatoms. The average molecular weight is 243 g/mol. The lowest BCUT2D eigenvalue weighted by Gasteiger charge is -2.20. The third-order valence-corrected chi connectivity index (χ3v) is 3.55. The molecule has 2 rings (SSSR count). The summed E-state index contributed by atoms with van der Waals surface area (Å²) in [5.74, 6) is -2.80. The van der Waals surface area contributed by atoms with Gasteiger partial charge in [0.1, 0.15) is 0 Å². The molecule has 0 aromatic carbocycles. The monoisotopic (exact) mass is 243 g/mol. The molecular weight excluding hydrogens is 224 g/mol. The molecule has 17 heavy (non-hydrogen) atoms. The molecule has 1 atom stereocenters. The molecule has 3 nitrogen and oxygen atoms in total. The van der Waals surface area contributed by atoms with Gasteiger partial charge in [0.15, 0.2) is 5.69 Å². The lowest BCUT2D eigenvalue weighted by atomic mass is 9.98. The minimum absolute atomic E-state index is 0.0856. The minimum atomic E-state index is -2.80. The fourth-order valence-corrected chi connectivity index (χ4v) is 2.29. The van der Waals surface area contributed by atoms with E-state index in [1.54, 1.807) is 4.68 Å². The quantitative estimate of drug-likeness (QED) is 0.796. The SMILES string of the molecule is CC[C@@H](C)n1nnc2c1CCCCCC2(F)F. The maximum absolute atomic E-state index is 13.9. The van der Waals surface area contributed by atoms with Crippen LogP contribution in [-0.2, 0) is 12.3 Å². The van der Waals surface area contributed by atoms with Gasteiger partial charge in [-0.1, -0.05) is 18.6 Å². The Kier molecular flexibility index (Phi) is 3.45. The third-order valence-electron chi connectivity index (χ3n) is 3.55. The van der Waals surface area contributed by atoms with Crippen molar-refractivity contribution < 1.29 is 8.78 Å². The Balaban J connectivity index is 2.41. The van der Waals surface area contributed by atoms with Gasteiger partial charge in [0.05, 0.1) is 11.7 Å². The van der Waals surface area contributed by atoms with E-state index in [0.717, 1.165) is 19.3 Å². The lowest BCUT2D eigenvalue weighted by molar-refractivity contribution is -0.0226. The number of hydrogen-bond donors (Lipinski definition) is 0. The van der Waals surface area contributed by atoms with E-state index in [4.69, 9.17) is 0 Å². The zero-order valence-corrected chi connectivity index (χ0v) is 10.4. The summed E-state index contributed by atoms with van der Waals surface area (Å²) in [7, 11) is 0. The summed E-state index contributed by atoms with van der Waals surface area (Å²) in [5.41, 5.74) is 0.557. The van der Waals surface area contributed by atoms with Crippen LogP contribution in [0.3, 0.4) is 0 Å². The number of alkyl halides is 2. The first-order valence-corrected chi connectivity index (χ1v) is 6.38. The highest BCUT2D eigenvalue weighted by molar-refractivity contribution is 5.17. The fourth-order valence-electron chi connectivity index (χ4n) is 2.29. The number of rotatable bonds is 2. The van der Waals surface area contributed by atoms with Gasteiger partial charge in [0.2, 0.25) is 0 Å². The van der Waals surface area contributed by atoms with Crippen molar-refractivity contribution >= 4 is 0 Å². The second kappa shape index (κ2) is 4.70. The van der Waals surface area contributed by atoms with Gasteiger partial charge < -0.3 is 0 Å². The molecule has 96 valence electrons. The van der Waals surface area contributed by atoms with Crippen molar-refractivity contribution in [2.24, 2.45) is 0 Å². The molecule has 0 unspecified atom stereocenters. The predicted octanol–water partition coefficient (Wildman–Crippen LogP) is 3.46. The minimum Gasteiger partial charge on any atom is -0.246 e. The number of halogens is 2. The Morgan fingerprint density at radius 2 is 2.12 bits per heavy atom. The van der Waals surface area contributed by atoms with E-state index in [9.17, 15) is 8.78 Å². The Morgan fingerprint density at radius 1 is 1.35 bits per heavy atom. The van der Waals surface area contributed by atoms with Gasteiger partial charge in [-0.05, 0) is 32.6 Å². The first kappa shape index (κ1) is 12.5. The fraction of sp³-hybridized carbons (Fsp3) is 0.833. The Morgan fingerprint density at radius 3 is 2.82 bits per heavy atom. The van der Waals surface area contributed by atoms with Gasteiger partial charge >= 0.3 is 0 Å². The Hall–Kier alpha value is -1.00.